The molecule has 1 aliphatic carbocycles. The molecule has 0 fully saturated rings. The van der Waals surface area contributed by atoms with Crippen molar-refractivity contribution in [2.24, 2.45) is 0 Å². The molecule has 0 radical (unpaired) electrons. The Morgan fingerprint density at radius 3 is 2.42 bits per heavy atom. The number of hydrogen-bond acceptors (Lipinski definition) is 7. The largest absolute Gasteiger partial charge is 0.493 e. The molecule has 2 aliphatic rings. The number of nitrogens with one attached hydrogen (secondary N) is 1. The van der Waals surface area contributed by atoms with Crippen LogP contribution in [0.5, 0.6) is 11.5 Å². The Hall–Kier alpha value is -3.58. The summed E-state index contributed by atoms with van der Waals surface area (Å²) in [7, 11) is 4.76. The molecule has 0 unspecified atom stereocenters. The number of esters is 1. The molecule has 1 N–H and O–H groups in total. The summed E-state index contributed by atoms with van der Waals surface area (Å²) in [6.07, 6.45) is 0.978. The van der Waals surface area contributed by atoms with Gasteiger partial charge in [0.15, 0.2) is 17.3 Å². The van der Waals surface area contributed by atoms with Gasteiger partial charge in [-0.2, -0.15) is 0 Å². The number of allylic oxidation sites excluding steroid dienone is 3. The quantitative estimate of drug-likeness (QED) is 0.428. The molecular formula is C29H33NO6. The first-order valence-electron chi connectivity index (χ1n) is 12.1. The number of ketones is 1. The van der Waals surface area contributed by atoms with Crippen molar-refractivity contribution in [3.05, 3.63) is 81.7 Å². The third-order valence-electron chi connectivity index (χ3n) is 6.82. The average Bonchev–Trinajstić information content (AvgIpc) is 2.87. The lowest BCUT2D eigenvalue weighted by Crippen LogP contribution is -2.36. The highest BCUT2D eigenvalue weighted by Gasteiger charge is 2.41. The second-order valence-corrected chi connectivity index (χ2v) is 9.17. The first kappa shape index (κ1) is 25.5. The summed E-state index contributed by atoms with van der Waals surface area (Å²) in [5.41, 5.74) is 5.62. The van der Waals surface area contributed by atoms with E-state index in [9.17, 15) is 9.59 Å². The molecular weight excluding hydrogens is 458 g/mol. The summed E-state index contributed by atoms with van der Waals surface area (Å²) in [6.45, 7) is 4.32. The highest BCUT2D eigenvalue weighted by atomic mass is 16.6. The summed E-state index contributed by atoms with van der Waals surface area (Å²) in [6, 6.07) is 13.7. The zero-order valence-corrected chi connectivity index (χ0v) is 21.5. The van der Waals surface area contributed by atoms with Crippen molar-refractivity contribution in [2.45, 2.75) is 38.5 Å². The summed E-state index contributed by atoms with van der Waals surface area (Å²) >= 11 is 0. The van der Waals surface area contributed by atoms with E-state index >= 15 is 0 Å². The van der Waals surface area contributed by atoms with Gasteiger partial charge in [0.05, 0.1) is 26.4 Å². The minimum Gasteiger partial charge on any atom is -0.493 e. The van der Waals surface area contributed by atoms with Crippen LogP contribution < -0.4 is 14.8 Å². The van der Waals surface area contributed by atoms with Crippen molar-refractivity contribution in [3.8, 4) is 11.5 Å². The number of hydrogen-bond donors (Lipinski definition) is 1. The fourth-order valence-corrected chi connectivity index (χ4v) is 5.13. The zero-order valence-electron chi connectivity index (χ0n) is 21.5. The molecule has 1 heterocycles. The molecule has 1 aliphatic heterocycles. The van der Waals surface area contributed by atoms with Gasteiger partial charge in [-0.25, -0.2) is 4.79 Å². The van der Waals surface area contributed by atoms with Crippen molar-refractivity contribution in [1.29, 1.82) is 0 Å². The Morgan fingerprint density at radius 1 is 0.944 bits per heavy atom. The molecule has 0 amide bonds. The number of carbonyl (C=O) groups is 2. The second-order valence-electron chi connectivity index (χ2n) is 9.17. The van der Waals surface area contributed by atoms with Crippen LogP contribution in [-0.2, 0) is 19.1 Å². The van der Waals surface area contributed by atoms with Crippen LogP contribution in [0.1, 0.15) is 48.3 Å². The molecule has 0 spiro atoms. The first-order valence-corrected chi connectivity index (χ1v) is 12.1. The molecule has 0 saturated carbocycles. The van der Waals surface area contributed by atoms with E-state index in [0.717, 1.165) is 22.4 Å². The van der Waals surface area contributed by atoms with Gasteiger partial charge in [0.25, 0.3) is 0 Å². The van der Waals surface area contributed by atoms with E-state index in [2.05, 4.69) is 5.32 Å². The van der Waals surface area contributed by atoms with E-state index in [-0.39, 0.29) is 18.3 Å². The van der Waals surface area contributed by atoms with E-state index in [1.165, 1.54) is 0 Å². The van der Waals surface area contributed by atoms with Crippen LogP contribution in [0.2, 0.25) is 0 Å². The van der Waals surface area contributed by atoms with Crippen LogP contribution in [0.15, 0.2) is 65.0 Å². The van der Waals surface area contributed by atoms with Gasteiger partial charge in [-0.3, -0.25) is 4.79 Å². The van der Waals surface area contributed by atoms with Gasteiger partial charge in [-0.15, -0.1) is 0 Å². The van der Waals surface area contributed by atoms with Crippen molar-refractivity contribution in [1.82, 2.24) is 5.32 Å². The van der Waals surface area contributed by atoms with Gasteiger partial charge in [0, 0.05) is 36.4 Å². The third-order valence-corrected chi connectivity index (χ3v) is 6.82. The molecule has 0 bridgehead atoms. The van der Waals surface area contributed by atoms with Crippen LogP contribution in [0.4, 0.5) is 0 Å². The number of methoxy groups -OCH3 is 3. The van der Waals surface area contributed by atoms with Crippen molar-refractivity contribution < 1.29 is 28.5 Å². The average molecular weight is 492 g/mol. The number of carbonyl (C=O) groups excluding carboxylic acids is 2. The molecule has 7 nitrogen and oxygen atoms in total. The maximum Gasteiger partial charge on any atom is 0.336 e. The summed E-state index contributed by atoms with van der Waals surface area (Å²) < 4.78 is 21.4. The second kappa shape index (κ2) is 11.0. The monoisotopic (exact) mass is 491 g/mol. The molecule has 0 aromatic heterocycles. The van der Waals surface area contributed by atoms with E-state index in [1.807, 2.05) is 56.3 Å². The van der Waals surface area contributed by atoms with Crippen LogP contribution in [-0.4, -0.2) is 46.3 Å². The molecule has 36 heavy (non-hydrogen) atoms. The maximum absolute atomic E-state index is 13.7. The van der Waals surface area contributed by atoms with Gasteiger partial charge in [-0.1, -0.05) is 35.9 Å². The van der Waals surface area contributed by atoms with Gasteiger partial charge >= 0.3 is 5.97 Å². The SMILES string of the molecule is COCCOC(=O)C1=C(C)NC2=C(C(=O)C[C@H](c3ccc(OC)c(OC)c3)C2)[C@H]1c1cccc(C)c1. The van der Waals surface area contributed by atoms with Gasteiger partial charge < -0.3 is 24.3 Å². The smallest absolute Gasteiger partial charge is 0.336 e. The minimum atomic E-state index is -0.491. The summed E-state index contributed by atoms with van der Waals surface area (Å²) in [5, 5.41) is 3.39. The lowest BCUT2D eigenvalue weighted by atomic mass is 9.71. The molecule has 7 heteroatoms. The Bertz CT molecular complexity index is 1230. The third kappa shape index (κ3) is 5.02. The predicted molar refractivity (Wildman–Crippen MR) is 136 cm³/mol. The topological polar surface area (TPSA) is 83.1 Å². The van der Waals surface area contributed by atoms with Crippen LogP contribution in [0, 0.1) is 6.92 Å². The van der Waals surface area contributed by atoms with Crippen LogP contribution >= 0.6 is 0 Å². The number of rotatable bonds is 8. The van der Waals surface area contributed by atoms with E-state index in [0.29, 0.717) is 47.8 Å². The highest BCUT2D eigenvalue weighted by molar-refractivity contribution is 6.04. The molecule has 2 atom stereocenters. The molecule has 4 rings (SSSR count). The molecule has 2 aromatic carbocycles. The first-order chi connectivity index (χ1) is 17.4. The minimum absolute atomic E-state index is 0.0183. The number of aryl methyl sites for hydroxylation is 1. The molecule has 2 aromatic rings. The fourth-order valence-electron chi connectivity index (χ4n) is 5.13. The Balaban J connectivity index is 1.74. The maximum atomic E-state index is 13.7. The van der Waals surface area contributed by atoms with Crippen LogP contribution in [0.3, 0.4) is 0 Å². The fraction of sp³-hybridized carbons (Fsp3) is 0.379. The Kier molecular flexibility index (Phi) is 7.79. The summed E-state index contributed by atoms with van der Waals surface area (Å²) in [5.74, 6) is 0.344. The summed E-state index contributed by atoms with van der Waals surface area (Å²) in [4.78, 5) is 27.0. The van der Waals surface area contributed by atoms with E-state index < -0.39 is 11.9 Å². The van der Waals surface area contributed by atoms with Gasteiger partial charge in [-0.05, 0) is 49.4 Å². The van der Waals surface area contributed by atoms with Gasteiger partial charge in [0.1, 0.15) is 6.61 Å². The molecule has 0 saturated heterocycles. The standard InChI is InChI=1S/C29H33NO6/c1-17-7-6-8-20(13-17)27-26(29(32)36-12-11-33-3)18(2)30-22-14-21(15-23(31)28(22)27)19-9-10-24(34-4)25(16-19)35-5/h6-10,13,16,21,27,30H,11-12,14-15H2,1-5H3/t21-,27+/m1/s1. The van der Waals surface area contributed by atoms with E-state index in [1.54, 1.807) is 21.3 Å². The van der Waals surface area contributed by atoms with Crippen molar-refractivity contribution in [2.75, 3.05) is 34.5 Å². The Labute approximate surface area is 212 Å². The number of benzene rings is 2. The normalized spacial score (nSPS) is 19.5. The zero-order chi connectivity index (χ0) is 25.8. The van der Waals surface area contributed by atoms with E-state index in [4.69, 9.17) is 18.9 Å². The number of Topliss-reactive ketones (excluding diaryl/α,β-unsaturated/α-hetero) is 1. The lowest BCUT2D eigenvalue weighted by molar-refractivity contribution is -0.140. The lowest BCUT2D eigenvalue weighted by Gasteiger charge is -2.37. The Morgan fingerprint density at radius 2 is 1.72 bits per heavy atom. The number of dihydropyridines is 1. The van der Waals surface area contributed by atoms with Gasteiger partial charge in [0.2, 0.25) is 0 Å². The highest BCUT2D eigenvalue weighted by Crippen LogP contribution is 2.46. The van der Waals surface area contributed by atoms with Crippen molar-refractivity contribution >= 4 is 11.8 Å². The molecule has 190 valence electrons. The number of ether oxygens (including phenoxy) is 4. The predicted octanol–water partition coefficient (Wildman–Crippen LogP) is 4.56. The van der Waals surface area contributed by atoms with Crippen molar-refractivity contribution in [3.63, 3.8) is 0 Å². The van der Waals surface area contributed by atoms with Crippen LogP contribution in [0.25, 0.3) is 0 Å².